The predicted octanol–water partition coefficient (Wildman–Crippen LogP) is 4.47. The Morgan fingerprint density at radius 3 is 1.64 bits per heavy atom. The molecule has 0 bridgehead atoms. The van der Waals surface area contributed by atoms with E-state index in [0.717, 1.165) is 6.42 Å². The number of halogens is 3. The van der Waals surface area contributed by atoms with Crippen LogP contribution >= 0.6 is 33.2 Å². The lowest BCUT2D eigenvalue weighted by molar-refractivity contribution is 0.481. The monoisotopic (exact) mass is 232 g/mol. The molecule has 0 aromatic carbocycles. The first kappa shape index (κ1) is 12.1. The lowest BCUT2D eigenvalue weighted by Crippen LogP contribution is -2.29. The van der Waals surface area contributed by atoms with Crippen molar-refractivity contribution in [3.05, 3.63) is 0 Å². The molecule has 0 atom stereocenters. The van der Waals surface area contributed by atoms with E-state index in [1.165, 1.54) is 0 Å². The van der Waals surface area contributed by atoms with Crippen molar-refractivity contribution in [2.75, 3.05) is 0 Å². The molecular formula is C7H15Cl3Si. The van der Waals surface area contributed by atoms with Gasteiger partial charge in [-0.3, -0.25) is 0 Å². The Bertz CT molecular complexity index is 126. The summed E-state index contributed by atoms with van der Waals surface area (Å²) in [6.07, 6.45) is 0.982. The van der Waals surface area contributed by atoms with Crippen LogP contribution < -0.4 is 0 Å². The smallest absolute Gasteiger partial charge is 0.125 e. The maximum Gasteiger partial charge on any atom is 0.346 e. The molecule has 0 unspecified atom stereocenters. The van der Waals surface area contributed by atoms with Crippen LogP contribution in [0.1, 0.15) is 34.1 Å². The van der Waals surface area contributed by atoms with Gasteiger partial charge >= 0.3 is 6.00 Å². The third-order valence-corrected chi connectivity index (χ3v) is 8.03. The van der Waals surface area contributed by atoms with Gasteiger partial charge in [0.25, 0.3) is 0 Å². The molecule has 0 aliphatic rings. The molecule has 0 amide bonds. The highest BCUT2D eigenvalue weighted by Crippen LogP contribution is 2.49. The van der Waals surface area contributed by atoms with Crippen LogP contribution in [-0.2, 0) is 0 Å². The normalized spacial score (nSPS) is 14.2. The lowest BCUT2D eigenvalue weighted by Gasteiger charge is -2.31. The van der Waals surface area contributed by atoms with E-state index in [9.17, 15) is 0 Å². The molecule has 0 fully saturated rings. The SMILES string of the molecule is CC(C)CC(C)(C)[Si](Cl)(Cl)Cl. The molecule has 0 heterocycles. The fraction of sp³-hybridized carbons (Fsp3) is 1.00. The summed E-state index contributed by atoms with van der Waals surface area (Å²) in [7, 11) is 0. The van der Waals surface area contributed by atoms with E-state index in [1.807, 2.05) is 13.8 Å². The van der Waals surface area contributed by atoms with Crippen LogP contribution in [0.15, 0.2) is 0 Å². The average Bonchev–Trinajstić information content (AvgIpc) is 1.56. The van der Waals surface area contributed by atoms with Gasteiger partial charge in [-0.2, -0.15) is 0 Å². The molecule has 0 rings (SSSR count). The van der Waals surface area contributed by atoms with Crippen LogP contribution in [0.2, 0.25) is 5.04 Å². The lowest BCUT2D eigenvalue weighted by atomic mass is 10.00. The van der Waals surface area contributed by atoms with E-state index in [4.69, 9.17) is 33.2 Å². The van der Waals surface area contributed by atoms with Gasteiger partial charge in [0.1, 0.15) is 0 Å². The van der Waals surface area contributed by atoms with Gasteiger partial charge in [0.05, 0.1) is 0 Å². The van der Waals surface area contributed by atoms with E-state index >= 15 is 0 Å². The second kappa shape index (κ2) is 3.86. The Labute approximate surface area is 84.3 Å². The molecule has 4 heteroatoms. The van der Waals surface area contributed by atoms with Crippen LogP contribution in [0.5, 0.6) is 0 Å². The Hall–Kier alpha value is 1.09. The number of hydrogen-bond acceptors (Lipinski definition) is 0. The van der Waals surface area contributed by atoms with Gasteiger partial charge in [0.15, 0.2) is 0 Å². The minimum absolute atomic E-state index is 0.105. The van der Waals surface area contributed by atoms with Gasteiger partial charge < -0.3 is 0 Å². The minimum Gasteiger partial charge on any atom is -0.125 e. The highest BCUT2D eigenvalue weighted by Gasteiger charge is 2.44. The average molecular weight is 234 g/mol. The van der Waals surface area contributed by atoms with Gasteiger partial charge in [-0.15, -0.1) is 33.2 Å². The Balaban J connectivity index is 4.22. The molecule has 0 nitrogen and oxygen atoms in total. The number of rotatable bonds is 3. The van der Waals surface area contributed by atoms with Crippen LogP contribution in [0, 0.1) is 5.92 Å². The largest absolute Gasteiger partial charge is 0.346 e. The zero-order chi connectivity index (χ0) is 9.28. The Kier molecular flexibility index (Phi) is 4.25. The quantitative estimate of drug-likeness (QED) is 0.498. The fourth-order valence-corrected chi connectivity index (χ4v) is 2.47. The minimum atomic E-state index is -2.53. The molecule has 0 aliphatic heterocycles. The maximum atomic E-state index is 5.94. The highest BCUT2D eigenvalue weighted by atomic mass is 35.8. The van der Waals surface area contributed by atoms with Crippen LogP contribution in [0.4, 0.5) is 0 Å². The summed E-state index contributed by atoms with van der Waals surface area (Å²) in [6.45, 7) is 8.36. The molecule has 0 aromatic rings. The van der Waals surface area contributed by atoms with Gasteiger partial charge in [0.2, 0.25) is 0 Å². The van der Waals surface area contributed by atoms with E-state index in [0.29, 0.717) is 5.92 Å². The van der Waals surface area contributed by atoms with Crippen molar-refractivity contribution in [2.24, 2.45) is 5.92 Å². The Morgan fingerprint density at radius 2 is 1.55 bits per heavy atom. The van der Waals surface area contributed by atoms with Crippen molar-refractivity contribution in [1.82, 2.24) is 0 Å². The van der Waals surface area contributed by atoms with Crippen LogP contribution in [-0.4, -0.2) is 6.00 Å². The van der Waals surface area contributed by atoms with Crippen molar-refractivity contribution in [1.29, 1.82) is 0 Å². The third kappa shape index (κ3) is 4.02. The van der Waals surface area contributed by atoms with Crippen molar-refractivity contribution in [3.63, 3.8) is 0 Å². The molecular weight excluding hydrogens is 219 g/mol. The van der Waals surface area contributed by atoms with Gasteiger partial charge in [-0.1, -0.05) is 27.7 Å². The van der Waals surface area contributed by atoms with Gasteiger partial charge in [0, 0.05) is 5.04 Å². The molecule has 0 saturated heterocycles. The van der Waals surface area contributed by atoms with Gasteiger partial charge in [-0.25, -0.2) is 0 Å². The summed E-state index contributed by atoms with van der Waals surface area (Å²) in [5.41, 5.74) is 0. The zero-order valence-corrected chi connectivity index (χ0v) is 10.7. The van der Waals surface area contributed by atoms with Crippen molar-refractivity contribution >= 4 is 39.2 Å². The second-order valence-electron chi connectivity index (χ2n) is 3.98. The molecule has 0 saturated carbocycles. The van der Waals surface area contributed by atoms with Crippen molar-refractivity contribution < 1.29 is 0 Å². The van der Waals surface area contributed by atoms with Crippen molar-refractivity contribution in [3.8, 4) is 0 Å². The summed E-state index contributed by atoms with van der Waals surface area (Å²) in [5, 5.41) is -0.105. The first-order valence-corrected chi connectivity index (χ1v) is 8.77. The highest BCUT2D eigenvalue weighted by molar-refractivity contribution is 7.65. The van der Waals surface area contributed by atoms with E-state index in [1.54, 1.807) is 0 Å². The Morgan fingerprint density at radius 1 is 1.18 bits per heavy atom. The maximum absolute atomic E-state index is 5.94. The van der Waals surface area contributed by atoms with Crippen LogP contribution in [0.25, 0.3) is 0 Å². The molecule has 68 valence electrons. The molecule has 11 heavy (non-hydrogen) atoms. The molecule has 0 N–H and O–H groups in total. The molecule has 0 aliphatic carbocycles. The van der Waals surface area contributed by atoms with Crippen LogP contribution in [0.3, 0.4) is 0 Å². The zero-order valence-electron chi connectivity index (χ0n) is 7.42. The van der Waals surface area contributed by atoms with E-state index in [2.05, 4.69) is 13.8 Å². The summed E-state index contributed by atoms with van der Waals surface area (Å²) < 4.78 is 0. The van der Waals surface area contributed by atoms with Gasteiger partial charge in [-0.05, 0) is 12.3 Å². The standard InChI is InChI=1S/C7H15Cl3Si/c1-6(2)5-7(3,4)11(8,9)10/h6H,5H2,1-4H3. The topological polar surface area (TPSA) is 0 Å². The third-order valence-electron chi connectivity index (χ3n) is 1.69. The summed E-state index contributed by atoms with van der Waals surface area (Å²) in [6, 6.07) is -2.53. The first-order chi connectivity index (χ1) is 4.67. The van der Waals surface area contributed by atoms with E-state index in [-0.39, 0.29) is 5.04 Å². The van der Waals surface area contributed by atoms with Crippen molar-refractivity contribution in [2.45, 2.75) is 39.2 Å². The fourth-order valence-electron chi connectivity index (χ4n) is 1.14. The predicted molar refractivity (Wildman–Crippen MR) is 56.8 cm³/mol. The number of hydrogen-bond donors (Lipinski definition) is 0. The second-order valence-corrected chi connectivity index (χ2v) is 13.2. The molecule has 0 radical (unpaired) electrons. The summed E-state index contributed by atoms with van der Waals surface area (Å²) >= 11 is 17.8. The summed E-state index contributed by atoms with van der Waals surface area (Å²) in [4.78, 5) is 0. The first-order valence-electron chi connectivity index (χ1n) is 3.73. The molecule has 0 spiro atoms. The van der Waals surface area contributed by atoms with E-state index < -0.39 is 6.00 Å². The molecule has 0 aromatic heterocycles. The summed E-state index contributed by atoms with van der Waals surface area (Å²) in [5.74, 6) is 0.591.